The molecule has 0 spiro atoms. The first-order chi connectivity index (χ1) is 24.0. The first-order valence-corrected chi connectivity index (χ1v) is 17.7. The molecule has 11 nitrogen and oxygen atoms in total. The van der Waals surface area contributed by atoms with Crippen molar-refractivity contribution in [2.75, 3.05) is 77.6 Å². The van der Waals surface area contributed by atoms with Gasteiger partial charge in [0.1, 0.15) is 12.4 Å². The van der Waals surface area contributed by atoms with Crippen molar-refractivity contribution >= 4 is 22.5 Å². The predicted octanol–water partition coefficient (Wildman–Crippen LogP) is 4.04. The second-order valence-electron chi connectivity index (χ2n) is 13.7. The summed E-state index contributed by atoms with van der Waals surface area (Å²) in [4.78, 5) is 32.0. The van der Waals surface area contributed by atoms with E-state index in [9.17, 15) is 10.1 Å². The first-order valence-electron chi connectivity index (χ1n) is 17.7. The number of aryl methyl sites for hydroxylation is 1. The molecule has 5 heterocycles. The summed E-state index contributed by atoms with van der Waals surface area (Å²) in [6, 6.07) is 15.6. The molecule has 0 saturated carbocycles. The molecule has 0 aliphatic carbocycles. The number of likely N-dealkylation sites (N-methyl/N-ethyl adjacent to an activating group) is 1. The van der Waals surface area contributed by atoms with Crippen LogP contribution in [0.5, 0.6) is 6.01 Å². The maximum atomic E-state index is 13.4. The van der Waals surface area contributed by atoms with E-state index in [-0.39, 0.29) is 24.5 Å². The number of likely N-dealkylation sites (tertiary alicyclic amines) is 1. The molecule has 7 rings (SSSR count). The average Bonchev–Trinajstić information content (AvgIpc) is 3.54. The van der Waals surface area contributed by atoms with Crippen LogP contribution in [-0.4, -0.2) is 115 Å². The van der Waals surface area contributed by atoms with Gasteiger partial charge in [0, 0.05) is 63.4 Å². The van der Waals surface area contributed by atoms with Crippen molar-refractivity contribution in [3.63, 3.8) is 0 Å². The highest BCUT2D eigenvalue weighted by Gasteiger charge is 2.35. The SMILES string of the molecule is Cc1cccc2cccc(C3Cc4nc(OC[C@@H]5CCCN5C)nc(N5CCN(C(=O)/C=C/CN6CCOCC6)[C@@H](CC#N)C5)c4CO3)c12. The molecule has 1 aromatic heterocycles. The lowest BCUT2D eigenvalue weighted by Crippen LogP contribution is -2.55. The van der Waals surface area contributed by atoms with Crippen molar-refractivity contribution in [1.82, 2.24) is 24.7 Å². The van der Waals surface area contributed by atoms with Crippen LogP contribution in [0.3, 0.4) is 0 Å². The second kappa shape index (κ2) is 15.2. The number of piperazine rings is 1. The molecule has 2 aromatic carbocycles. The Kier molecular flexibility index (Phi) is 10.4. The maximum absolute atomic E-state index is 13.4. The minimum absolute atomic E-state index is 0.0564. The molecule has 1 unspecified atom stereocenters. The number of hydrogen-bond donors (Lipinski definition) is 0. The number of amides is 1. The first kappa shape index (κ1) is 33.4. The van der Waals surface area contributed by atoms with Crippen LogP contribution in [0.4, 0.5) is 5.82 Å². The van der Waals surface area contributed by atoms with Crippen molar-refractivity contribution in [3.8, 4) is 12.1 Å². The van der Waals surface area contributed by atoms with Gasteiger partial charge in [-0.15, -0.1) is 0 Å². The molecular weight excluding hydrogens is 618 g/mol. The second-order valence-corrected chi connectivity index (χ2v) is 13.7. The monoisotopic (exact) mass is 665 g/mol. The van der Waals surface area contributed by atoms with Gasteiger partial charge >= 0.3 is 6.01 Å². The van der Waals surface area contributed by atoms with E-state index >= 15 is 0 Å². The summed E-state index contributed by atoms with van der Waals surface area (Å²) in [7, 11) is 2.14. The third-order valence-electron chi connectivity index (χ3n) is 10.5. The van der Waals surface area contributed by atoms with Crippen LogP contribution in [0.25, 0.3) is 10.8 Å². The fourth-order valence-electron chi connectivity index (χ4n) is 7.75. The normalized spacial score (nSPS) is 23.6. The van der Waals surface area contributed by atoms with Crippen molar-refractivity contribution < 1.29 is 19.0 Å². The number of nitriles is 1. The van der Waals surface area contributed by atoms with Crippen LogP contribution < -0.4 is 9.64 Å². The molecule has 4 aliphatic rings. The number of aromatic nitrogens is 2. The van der Waals surface area contributed by atoms with Crippen LogP contribution in [0.2, 0.25) is 0 Å². The molecule has 1 amide bonds. The van der Waals surface area contributed by atoms with E-state index in [2.05, 4.69) is 71.1 Å². The number of rotatable bonds is 9. The summed E-state index contributed by atoms with van der Waals surface area (Å²) in [5, 5.41) is 12.2. The van der Waals surface area contributed by atoms with E-state index in [0.717, 1.165) is 62.8 Å². The van der Waals surface area contributed by atoms with E-state index in [1.165, 1.54) is 21.9 Å². The van der Waals surface area contributed by atoms with Crippen LogP contribution in [-0.2, 0) is 27.3 Å². The van der Waals surface area contributed by atoms with E-state index in [0.29, 0.717) is 57.9 Å². The Balaban J connectivity index is 1.14. The minimum Gasteiger partial charge on any atom is -0.462 e. The third-order valence-corrected chi connectivity index (χ3v) is 10.5. The number of anilines is 1. The molecule has 49 heavy (non-hydrogen) atoms. The van der Waals surface area contributed by atoms with Crippen molar-refractivity contribution in [1.29, 1.82) is 5.26 Å². The Morgan fingerprint density at radius 2 is 1.92 bits per heavy atom. The Hall–Kier alpha value is -4.08. The largest absolute Gasteiger partial charge is 0.462 e. The van der Waals surface area contributed by atoms with Crippen molar-refractivity contribution in [2.24, 2.45) is 0 Å². The maximum Gasteiger partial charge on any atom is 0.318 e. The van der Waals surface area contributed by atoms with Gasteiger partial charge in [0.25, 0.3) is 0 Å². The lowest BCUT2D eigenvalue weighted by molar-refractivity contribution is -0.128. The smallest absolute Gasteiger partial charge is 0.318 e. The lowest BCUT2D eigenvalue weighted by Gasteiger charge is -2.42. The van der Waals surface area contributed by atoms with Gasteiger partial charge < -0.3 is 28.9 Å². The van der Waals surface area contributed by atoms with Gasteiger partial charge in [0.15, 0.2) is 0 Å². The summed E-state index contributed by atoms with van der Waals surface area (Å²) < 4.78 is 18.4. The number of hydrogen-bond acceptors (Lipinski definition) is 10. The zero-order valence-electron chi connectivity index (χ0n) is 28.7. The van der Waals surface area contributed by atoms with E-state index < -0.39 is 0 Å². The van der Waals surface area contributed by atoms with Crippen LogP contribution >= 0.6 is 0 Å². The Morgan fingerprint density at radius 3 is 2.71 bits per heavy atom. The van der Waals surface area contributed by atoms with Crippen LogP contribution in [0.1, 0.15) is 47.8 Å². The number of fused-ring (bicyclic) bond motifs is 2. The molecule has 258 valence electrons. The van der Waals surface area contributed by atoms with Gasteiger partial charge in [-0.05, 0) is 55.3 Å². The van der Waals surface area contributed by atoms with Gasteiger partial charge in [-0.25, -0.2) is 0 Å². The van der Waals surface area contributed by atoms with Gasteiger partial charge in [0.05, 0.1) is 50.2 Å². The Morgan fingerprint density at radius 1 is 1.08 bits per heavy atom. The number of carbonyl (C=O) groups is 1. The Bertz CT molecular complexity index is 1710. The average molecular weight is 666 g/mol. The number of benzene rings is 2. The quantitative estimate of drug-likeness (QED) is 0.311. The third kappa shape index (κ3) is 7.43. The molecule has 4 aliphatic heterocycles. The summed E-state index contributed by atoms with van der Waals surface area (Å²) in [5.74, 6) is 0.726. The fourth-order valence-corrected chi connectivity index (χ4v) is 7.75. The van der Waals surface area contributed by atoms with E-state index in [4.69, 9.17) is 24.2 Å². The molecule has 0 bridgehead atoms. The highest BCUT2D eigenvalue weighted by molar-refractivity contribution is 5.89. The van der Waals surface area contributed by atoms with E-state index in [1.807, 2.05) is 11.0 Å². The zero-order chi connectivity index (χ0) is 33.7. The van der Waals surface area contributed by atoms with Crippen molar-refractivity contribution in [2.45, 2.75) is 57.4 Å². The number of carbonyl (C=O) groups excluding carboxylic acids is 1. The zero-order valence-corrected chi connectivity index (χ0v) is 28.7. The molecule has 3 aromatic rings. The molecular formula is C38H47N7O4. The molecule has 3 fully saturated rings. The number of nitrogens with zero attached hydrogens (tertiary/aromatic N) is 7. The highest BCUT2D eigenvalue weighted by atomic mass is 16.5. The summed E-state index contributed by atoms with van der Waals surface area (Å²) in [6.07, 6.45) is 6.54. The van der Waals surface area contributed by atoms with Gasteiger partial charge in [0.2, 0.25) is 5.91 Å². The van der Waals surface area contributed by atoms with Crippen LogP contribution in [0, 0.1) is 18.3 Å². The standard InChI is InChI=1S/C38H47N7O4/c1-27-7-3-8-28-9-4-11-31(36(27)28)34-23-33-32(26-48-34)37(41-38(40-33)49-25-30-10-5-15-42(30)2)44-17-18-45(29(24-44)13-14-39)35(46)12-6-16-43-19-21-47-22-20-43/h3-4,6-9,11-12,29-30,34H,5,10,13,15-26H2,1-2H3/b12-6+/t29-,30-,34?/m0/s1. The van der Waals surface area contributed by atoms with Gasteiger partial charge in [-0.2, -0.15) is 15.2 Å². The molecule has 3 atom stereocenters. The number of morpholine rings is 1. The fraction of sp³-hybridized carbons (Fsp3) is 0.526. The minimum atomic E-state index is -0.266. The molecule has 0 N–H and O–H groups in total. The highest BCUT2D eigenvalue weighted by Crippen LogP contribution is 2.38. The summed E-state index contributed by atoms with van der Waals surface area (Å²) in [6.45, 7) is 9.59. The summed E-state index contributed by atoms with van der Waals surface area (Å²) in [5.41, 5.74) is 4.28. The number of ether oxygens (including phenoxy) is 3. The van der Waals surface area contributed by atoms with E-state index in [1.54, 1.807) is 6.08 Å². The predicted molar refractivity (Wildman–Crippen MR) is 187 cm³/mol. The van der Waals surface area contributed by atoms with Gasteiger partial charge in [-0.3, -0.25) is 9.69 Å². The topological polar surface area (TPSA) is 107 Å². The lowest BCUT2D eigenvalue weighted by atomic mass is 9.92. The molecule has 0 radical (unpaired) electrons. The van der Waals surface area contributed by atoms with Crippen molar-refractivity contribution in [3.05, 3.63) is 70.9 Å². The van der Waals surface area contributed by atoms with Gasteiger partial charge in [-0.1, -0.05) is 42.5 Å². The summed E-state index contributed by atoms with van der Waals surface area (Å²) >= 11 is 0. The molecule has 11 heteroatoms. The molecule has 3 saturated heterocycles. The Labute approximate surface area is 289 Å². The van der Waals surface area contributed by atoms with Crippen LogP contribution in [0.15, 0.2) is 48.6 Å².